The molecular formula is C26H23Cl3N2O8S. The van der Waals surface area contributed by atoms with Crippen LogP contribution >= 0.6 is 46.6 Å². The number of alkyl halides is 3. The molecule has 2 unspecified atom stereocenters. The lowest BCUT2D eigenvalue weighted by molar-refractivity contribution is -0.384. The summed E-state index contributed by atoms with van der Waals surface area (Å²) in [6, 6.07) is 14.8. The molecule has 0 saturated carbocycles. The second-order valence-corrected chi connectivity index (χ2v) is 12.6. The average Bonchev–Trinajstić information content (AvgIpc) is 3.24. The molecule has 1 amide bonds. The molecule has 0 N–H and O–H groups in total. The first kappa shape index (κ1) is 30.0. The number of hydrogen-bond acceptors (Lipinski definition) is 9. The molecule has 40 heavy (non-hydrogen) atoms. The fraction of sp³-hybridized carbons (Fsp3) is 0.346. The minimum absolute atomic E-state index is 0.0826. The van der Waals surface area contributed by atoms with Crippen LogP contribution in [0.15, 0.2) is 65.2 Å². The quantitative estimate of drug-likeness (QED) is 0.103. The second-order valence-electron chi connectivity index (χ2n) is 9.03. The first-order valence-corrected chi connectivity index (χ1v) is 14.1. The van der Waals surface area contributed by atoms with Crippen LogP contribution in [0, 0.1) is 16.0 Å². The predicted octanol–water partition coefficient (Wildman–Crippen LogP) is 5.93. The number of carbonyl (C=O) groups excluding carboxylic acids is 3. The van der Waals surface area contributed by atoms with Crippen LogP contribution in [0.3, 0.4) is 0 Å². The maximum Gasteiger partial charge on any atom is 0.508 e. The number of carbonyl (C=O) groups is 3. The highest BCUT2D eigenvalue weighted by molar-refractivity contribution is 8.02. The van der Waals surface area contributed by atoms with E-state index >= 15 is 0 Å². The molecule has 2 aliphatic heterocycles. The molecule has 1 fully saturated rings. The fourth-order valence-electron chi connectivity index (χ4n) is 4.41. The van der Waals surface area contributed by atoms with E-state index in [1.165, 1.54) is 40.9 Å². The number of hydrogen-bond donors (Lipinski definition) is 0. The van der Waals surface area contributed by atoms with Crippen LogP contribution in [0.2, 0.25) is 0 Å². The van der Waals surface area contributed by atoms with Crippen molar-refractivity contribution in [2.24, 2.45) is 5.92 Å². The van der Waals surface area contributed by atoms with Gasteiger partial charge in [0.2, 0.25) is 9.70 Å². The summed E-state index contributed by atoms with van der Waals surface area (Å²) in [6.45, 7) is 0.893. The number of esters is 1. The summed E-state index contributed by atoms with van der Waals surface area (Å²) in [7, 11) is 0. The van der Waals surface area contributed by atoms with E-state index < -0.39 is 51.4 Å². The van der Waals surface area contributed by atoms with Gasteiger partial charge in [-0.1, -0.05) is 65.1 Å². The molecule has 2 heterocycles. The third kappa shape index (κ3) is 7.20. The predicted molar refractivity (Wildman–Crippen MR) is 149 cm³/mol. The van der Waals surface area contributed by atoms with Crippen LogP contribution in [-0.2, 0) is 36.2 Å². The van der Waals surface area contributed by atoms with Gasteiger partial charge in [-0.3, -0.25) is 14.9 Å². The van der Waals surface area contributed by atoms with Crippen molar-refractivity contribution in [3.05, 3.63) is 86.4 Å². The van der Waals surface area contributed by atoms with Gasteiger partial charge in [0.05, 0.1) is 16.9 Å². The van der Waals surface area contributed by atoms with Gasteiger partial charge in [-0.05, 0) is 30.2 Å². The van der Waals surface area contributed by atoms with Crippen LogP contribution in [0.5, 0.6) is 0 Å². The SMILES string of the molecule is CC(OC(=O)OCC(Cl)(Cl)Cl)C1C(=O)N2C(C(=O)OCc3ccc([N+](=O)[O-])cc3)=C(SCc3ccccc3)C[C@H]12. The Labute approximate surface area is 248 Å². The molecule has 4 rings (SSSR count). The van der Waals surface area contributed by atoms with Crippen molar-refractivity contribution in [2.45, 2.75) is 41.6 Å². The minimum atomic E-state index is -1.81. The molecule has 10 nitrogen and oxygen atoms in total. The van der Waals surface area contributed by atoms with Crippen molar-refractivity contribution >= 4 is 70.3 Å². The normalized spacial score (nSPS) is 19.0. The van der Waals surface area contributed by atoms with E-state index in [-0.39, 0.29) is 18.0 Å². The molecule has 0 aliphatic carbocycles. The molecule has 212 valence electrons. The second kappa shape index (κ2) is 12.7. The maximum atomic E-state index is 13.2. The number of rotatable bonds is 10. The Kier molecular flexibility index (Phi) is 9.50. The summed E-state index contributed by atoms with van der Waals surface area (Å²) >= 11 is 18.2. The van der Waals surface area contributed by atoms with Crippen LogP contribution in [0.25, 0.3) is 0 Å². The molecule has 0 spiro atoms. The van der Waals surface area contributed by atoms with Crippen molar-refractivity contribution in [2.75, 3.05) is 6.61 Å². The maximum absolute atomic E-state index is 13.2. The summed E-state index contributed by atoms with van der Waals surface area (Å²) in [6.07, 6.45) is -1.59. The van der Waals surface area contributed by atoms with E-state index in [1.54, 1.807) is 6.92 Å². The van der Waals surface area contributed by atoms with Crippen molar-refractivity contribution in [3.8, 4) is 0 Å². The zero-order valence-electron chi connectivity index (χ0n) is 21.0. The van der Waals surface area contributed by atoms with Crippen molar-refractivity contribution in [1.29, 1.82) is 0 Å². The standard InChI is InChI=1S/C26H23Cl3N2O8S/c1-15(39-25(34)38-14-26(27,28)29)21-19-11-20(40-13-17-5-3-2-4-6-17)22(30(19)23(21)32)24(33)37-12-16-7-9-18(10-8-16)31(35)36/h2-10,15,19,21H,11-14H2,1H3/t15?,19-,21?/m1/s1. The highest BCUT2D eigenvalue weighted by Gasteiger charge is 2.58. The molecule has 14 heteroatoms. The van der Waals surface area contributed by atoms with Crippen LogP contribution < -0.4 is 0 Å². The van der Waals surface area contributed by atoms with Crippen molar-refractivity contribution in [1.82, 2.24) is 4.90 Å². The summed E-state index contributed by atoms with van der Waals surface area (Å²) in [5.41, 5.74) is 1.64. The number of nitrogens with zero attached hydrogens (tertiary/aromatic N) is 2. The van der Waals surface area contributed by atoms with Gasteiger partial charge in [-0.25, -0.2) is 9.59 Å². The number of amides is 1. The van der Waals surface area contributed by atoms with Gasteiger partial charge in [0.1, 0.15) is 25.0 Å². The molecular weight excluding hydrogens is 607 g/mol. The summed E-state index contributed by atoms with van der Waals surface area (Å²) in [5, 5.41) is 10.9. The summed E-state index contributed by atoms with van der Waals surface area (Å²) in [4.78, 5) is 50.9. The zero-order valence-corrected chi connectivity index (χ0v) is 24.0. The number of non-ortho nitro benzene ring substituents is 1. The molecule has 0 bridgehead atoms. The number of benzene rings is 2. The number of nitro benzene ring substituents is 1. The van der Waals surface area contributed by atoms with Crippen LogP contribution in [0.1, 0.15) is 24.5 Å². The lowest BCUT2D eigenvalue weighted by Gasteiger charge is -2.45. The number of thioether (sulfide) groups is 1. The fourth-order valence-corrected chi connectivity index (χ4v) is 5.72. The van der Waals surface area contributed by atoms with Crippen molar-refractivity contribution < 1.29 is 33.5 Å². The van der Waals surface area contributed by atoms with Gasteiger partial charge in [-0.2, -0.15) is 0 Å². The zero-order chi connectivity index (χ0) is 29.0. The number of fused-ring (bicyclic) bond motifs is 1. The Bertz CT molecular complexity index is 1320. The molecule has 0 radical (unpaired) electrons. The van der Waals surface area contributed by atoms with Gasteiger partial charge >= 0.3 is 12.1 Å². The average molecular weight is 630 g/mol. The van der Waals surface area contributed by atoms with Gasteiger partial charge < -0.3 is 19.1 Å². The number of halogens is 3. The Morgan fingerprint density at radius 2 is 1.77 bits per heavy atom. The Balaban J connectivity index is 1.46. The lowest BCUT2D eigenvalue weighted by atomic mass is 9.83. The van der Waals surface area contributed by atoms with Crippen molar-refractivity contribution in [3.63, 3.8) is 0 Å². The molecule has 1 saturated heterocycles. The first-order valence-electron chi connectivity index (χ1n) is 12.0. The smallest absolute Gasteiger partial charge is 0.456 e. The Hall–Kier alpha value is -2.99. The highest BCUT2D eigenvalue weighted by atomic mass is 35.6. The molecule has 2 aromatic carbocycles. The Morgan fingerprint density at radius 1 is 1.10 bits per heavy atom. The van der Waals surface area contributed by atoms with E-state index in [4.69, 9.17) is 49.0 Å². The van der Waals surface area contributed by atoms with E-state index in [9.17, 15) is 24.5 Å². The first-order chi connectivity index (χ1) is 18.9. The van der Waals surface area contributed by atoms with E-state index in [2.05, 4.69) is 0 Å². The number of nitro groups is 1. The van der Waals surface area contributed by atoms with E-state index in [0.29, 0.717) is 22.6 Å². The number of β-lactam (4-membered cyclic amide) rings is 1. The van der Waals surface area contributed by atoms with Gasteiger partial charge in [-0.15, -0.1) is 11.8 Å². The Morgan fingerprint density at radius 3 is 2.40 bits per heavy atom. The third-order valence-electron chi connectivity index (χ3n) is 6.28. The molecule has 0 aromatic heterocycles. The van der Waals surface area contributed by atoms with Gasteiger partial charge in [0.15, 0.2) is 0 Å². The molecule has 2 aliphatic rings. The monoisotopic (exact) mass is 628 g/mol. The summed E-state index contributed by atoms with van der Waals surface area (Å²) in [5.74, 6) is -1.25. The van der Waals surface area contributed by atoms with E-state index in [0.717, 1.165) is 5.56 Å². The van der Waals surface area contributed by atoms with E-state index in [1.807, 2.05) is 30.3 Å². The number of ether oxygens (including phenoxy) is 3. The topological polar surface area (TPSA) is 125 Å². The minimum Gasteiger partial charge on any atom is -0.456 e. The van der Waals surface area contributed by atoms with Gasteiger partial charge in [0, 0.05) is 29.2 Å². The molecule has 2 aromatic rings. The summed E-state index contributed by atoms with van der Waals surface area (Å²) < 4.78 is 13.7. The largest absolute Gasteiger partial charge is 0.508 e. The van der Waals surface area contributed by atoms with Crippen LogP contribution in [0.4, 0.5) is 10.5 Å². The highest BCUT2D eigenvalue weighted by Crippen LogP contribution is 2.48. The molecule has 3 atom stereocenters. The third-order valence-corrected chi connectivity index (χ3v) is 7.79. The van der Waals surface area contributed by atoms with Crippen LogP contribution in [-0.4, -0.2) is 50.4 Å². The van der Waals surface area contributed by atoms with Gasteiger partial charge in [0.25, 0.3) is 5.69 Å². The lowest BCUT2D eigenvalue weighted by Crippen LogP contribution is -2.62.